The molecule has 0 fully saturated rings. The highest BCUT2D eigenvalue weighted by molar-refractivity contribution is 9.10. The van der Waals surface area contributed by atoms with E-state index in [-0.39, 0.29) is 11.7 Å². The van der Waals surface area contributed by atoms with Gasteiger partial charge in [0, 0.05) is 16.6 Å². The first-order valence-corrected chi connectivity index (χ1v) is 7.85. The van der Waals surface area contributed by atoms with E-state index in [0.717, 1.165) is 15.7 Å². The summed E-state index contributed by atoms with van der Waals surface area (Å²) >= 11 is 3.40. The first kappa shape index (κ1) is 16.2. The van der Waals surface area contributed by atoms with Crippen LogP contribution in [0.4, 0.5) is 5.69 Å². The van der Waals surface area contributed by atoms with Crippen molar-refractivity contribution >= 4 is 21.6 Å². The average Bonchev–Trinajstić information content (AvgIpc) is 3.06. The summed E-state index contributed by atoms with van der Waals surface area (Å²) in [6.45, 7) is 0. The van der Waals surface area contributed by atoms with Crippen molar-refractivity contribution in [2.24, 2.45) is 0 Å². The van der Waals surface area contributed by atoms with Gasteiger partial charge < -0.3 is 5.32 Å². The van der Waals surface area contributed by atoms with Crippen LogP contribution >= 0.6 is 15.9 Å². The molecule has 0 unspecified atom stereocenters. The minimum atomic E-state index is -0.427. The molecule has 122 valence electrons. The van der Waals surface area contributed by atoms with E-state index in [4.69, 9.17) is 0 Å². The molecule has 1 atom stereocenters. The summed E-state index contributed by atoms with van der Waals surface area (Å²) in [6.07, 6.45) is 0. The lowest BCUT2D eigenvalue weighted by Crippen LogP contribution is -2.22. The topological polar surface area (TPSA) is 98.8 Å². The van der Waals surface area contributed by atoms with Gasteiger partial charge in [-0.2, -0.15) is 4.68 Å². The molecule has 1 heterocycles. The third kappa shape index (κ3) is 3.17. The molecule has 24 heavy (non-hydrogen) atoms. The Bertz CT molecular complexity index is 847. The molecule has 0 bridgehead atoms. The predicted molar refractivity (Wildman–Crippen MR) is 90.9 cm³/mol. The van der Waals surface area contributed by atoms with E-state index in [9.17, 15) is 10.1 Å². The molecule has 0 radical (unpaired) electrons. The summed E-state index contributed by atoms with van der Waals surface area (Å²) in [7, 11) is 1.78. The van der Waals surface area contributed by atoms with E-state index in [1.807, 2.05) is 24.3 Å². The van der Waals surface area contributed by atoms with Gasteiger partial charge in [0.05, 0.1) is 16.7 Å². The summed E-state index contributed by atoms with van der Waals surface area (Å²) in [4.78, 5) is 10.4. The predicted octanol–water partition coefficient (Wildman–Crippen LogP) is 2.64. The van der Waals surface area contributed by atoms with Gasteiger partial charge in [-0.1, -0.05) is 28.1 Å². The fraction of sp³-hybridized carbons (Fsp3) is 0.133. The van der Waals surface area contributed by atoms with Crippen LogP contribution in [0.15, 0.2) is 53.0 Å². The second kappa shape index (κ2) is 6.85. The number of aromatic nitrogens is 4. The molecule has 8 nitrogen and oxygen atoms in total. The quantitative estimate of drug-likeness (QED) is 0.532. The van der Waals surface area contributed by atoms with Gasteiger partial charge in [0.1, 0.15) is 0 Å². The minimum absolute atomic E-state index is 0.0427. The number of nitrogens with one attached hydrogen (secondary N) is 1. The molecule has 9 heteroatoms. The van der Waals surface area contributed by atoms with Gasteiger partial charge in [-0.15, -0.1) is 5.10 Å². The van der Waals surface area contributed by atoms with Gasteiger partial charge in [0.2, 0.25) is 0 Å². The average molecular weight is 389 g/mol. The van der Waals surface area contributed by atoms with E-state index in [1.54, 1.807) is 23.9 Å². The number of nitrogens with zero attached hydrogens (tertiary/aromatic N) is 5. The highest BCUT2D eigenvalue weighted by Crippen LogP contribution is 2.24. The Balaban J connectivity index is 1.99. The second-order valence-corrected chi connectivity index (χ2v) is 5.91. The normalized spacial score (nSPS) is 12.1. The number of hydrogen-bond donors (Lipinski definition) is 1. The van der Waals surface area contributed by atoms with Crippen molar-refractivity contribution in [1.29, 1.82) is 0 Å². The van der Waals surface area contributed by atoms with E-state index in [0.29, 0.717) is 5.82 Å². The number of hydrogen-bond acceptors (Lipinski definition) is 6. The van der Waals surface area contributed by atoms with E-state index in [1.165, 1.54) is 12.1 Å². The zero-order valence-corrected chi connectivity index (χ0v) is 14.2. The van der Waals surface area contributed by atoms with Crippen LogP contribution in [0.1, 0.15) is 17.4 Å². The Morgan fingerprint density at radius 1 is 1.17 bits per heavy atom. The van der Waals surface area contributed by atoms with Crippen LogP contribution in [0.5, 0.6) is 0 Å². The maximum Gasteiger partial charge on any atom is 0.269 e. The van der Waals surface area contributed by atoms with Crippen molar-refractivity contribution in [3.8, 4) is 5.69 Å². The number of tetrazole rings is 1. The Labute approximate surface area is 145 Å². The van der Waals surface area contributed by atoms with Crippen molar-refractivity contribution in [3.63, 3.8) is 0 Å². The standard InChI is InChI=1S/C15H13BrN6O2/c1-17-14(10-2-6-13(7-3-10)22(23)24)15-18-19-20-21(15)12-8-4-11(16)5-9-12/h2-9,14,17H,1H3/t14-/m0/s1. The monoisotopic (exact) mass is 388 g/mol. The van der Waals surface area contributed by atoms with Gasteiger partial charge in [-0.05, 0) is 47.3 Å². The highest BCUT2D eigenvalue weighted by atomic mass is 79.9. The molecule has 0 amide bonds. The van der Waals surface area contributed by atoms with Crippen molar-refractivity contribution in [2.45, 2.75) is 6.04 Å². The molecule has 0 aliphatic carbocycles. The van der Waals surface area contributed by atoms with Crippen LogP contribution in [-0.2, 0) is 0 Å². The Morgan fingerprint density at radius 2 is 1.83 bits per heavy atom. The largest absolute Gasteiger partial charge is 0.307 e. The summed E-state index contributed by atoms with van der Waals surface area (Å²) < 4.78 is 2.59. The maximum atomic E-state index is 10.8. The van der Waals surface area contributed by atoms with Crippen LogP contribution in [0.3, 0.4) is 0 Å². The fourth-order valence-corrected chi connectivity index (χ4v) is 2.64. The fourth-order valence-electron chi connectivity index (χ4n) is 2.37. The van der Waals surface area contributed by atoms with Gasteiger partial charge in [-0.3, -0.25) is 10.1 Å². The van der Waals surface area contributed by atoms with Crippen molar-refractivity contribution < 1.29 is 4.92 Å². The smallest absolute Gasteiger partial charge is 0.269 e. The molecular formula is C15H13BrN6O2. The van der Waals surface area contributed by atoms with Gasteiger partial charge in [0.15, 0.2) is 5.82 Å². The van der Waals surface area contributed by atoms with E-state index >= 15 is 0 Å². The van der Waals surface area contributed by atoms with Crippen LogP contribution in [-0.4, -0.2) is 32.2 Å². The second-order valence-electron chi connectivity index (χ2n) is 5.00. The molecule has 0 saturated carbocycles. The molecule has 3 rings (SSSR count). The number of nitro benzene ring substituents is 1. The minimum Gasteiger partial charge on any atom is -0.307 e. The molecular weight excluding hydrogens is 376 g/mol. The van der Waals surface area contributed by atoms with Crippen molar-refractivity contribution in [1.82, 2.24) is 25.5 Å². The first-order chi connectivity index (χ1) is 11.6. The van der Waals surface area contributed by atoms with E-state index < -0.39 is 4.92 Å². The molecule has 3 aromatic rings. The third-order valence-corrected chi connectivity index (χ3v) is 4.08. The number of non-ortho nitro benzene ring substituents is 1. The molecule has 0 aliphatic rings. The van der Waals surface area contributed by atoms with E-state index in [2.05, 4.69) is 36.8 Å². The van der Waals surface area contributed by atoms with Crippen molar-refractivity contribution in [3.05, 3.63) is 74.5 Å². The molecule has 0 saturated heterocycles. The molecule has 0 spiro atoms. The maximum absolute atomic E-state index is 10.8. The van der Waals surface area contributed by atoms with Crippen LogP contribution < -0.4 is 5.32 Å². The molecule has 1 N–H and O–H groups in total. The summed E-state index contributed by atoms with van der Waals surface area (Å²) in [5.41, 5.74) is 1.69. The first-order valence-electron chi connectivity index (χ1n) is 7.06. The highest BCUT2D eigenvalue weighted by Gasteiger charge is 2.21. The van der Waals surface area contributed by atoms with Gasteiger partial charge >= 0.3 is 0 Å². The number of nitro groups is 1. The Kier molecular flexibility index (Phi) is 4.63. The van der Waals surface area contributed by atoms with Crippen molar-refractivity contribution in [2.75, 3.05) is 7.05 Å². The third-order valence-electron chi connectivity index (χ3n) is 3.55. The SMILES string of the molecule is CN[C@@H](c1ccc([N+](=O)[O-])cc1)c1nnnn1-c1ccc(Br)cc1. The van der Waals surface area contributed by atoms with Crippen LogP contribution in [0.2, 0.25) is 0 Å². The van der Waals surface area contributed by atoms with Gasteiger partial charge in [0.25, 0.3) is 5.69 Å². The lowest BCUT2D eigenvalue weighted by Gasteiger charge is -2.16. The molecule has 1 aromatic heterocycles. The zero-order chi connectivity index (χ0) is 17.1. The molecule has 0 aliphatic heterocycles. The Hall–Kier alpha value is -2.65. The number of benzene rings is 2. The lowest BCUT2D eigenvalue weighted by molar-refractivity contribution is -0.384. The number of halogens is 1. The van der Waals surface area contributed by atoms with Gasteiger partial charge in [-0.25, -0.2) is 0 Å². The summed E-state index contributed by atoms with van der Waals surface area (Å²) in [5, 5.41) is 25.9. The molecule has 2 aromatic carbocycles. The Morgan fingerprint density at radius 3 is 2.42 bits per heavy atom. The summed E-state index contributed by atoms with van der Waals surface area (Å²) in [6, 6.07) is 13.6. The lowest BCUT2D eigenvalue weighted by atomic mass is 10.1. The van der Waals surface area contributed by atoms with Crippen LogP contribution in [0.25, 0.3) is 5.69 Å². The summed E-state index contributed by atoms with van der Waals surface area (Å²) in [5.74, 6) is 0.591. The zero-order valence-electron chi connectivity index (χ0n) is 12.6. The van der Waals surface area contributed by atoms with Crippen LogP contribution in [0, 0.1) is 10.1 Å². The number of rotatable bonds is 5.